The summed E-state index contributed by atoms with van der Waals surface area (Å²) >= 11 is 0. The van der Waals surface area contributed by atoms with Crippen molar-refractivity contribution in [3.05, 3.63) is 77.4 Å². The van der Waals surface area contributed by atoms with Crippen LogP contribution >= 0.6 is 0 Å². The molecule has 32 heavy (non-hydrogen) atoms. The van der Waals surface area contributed by atoms with Gasteiger partial charge in [0.25, 0.3) is 15.9 Å². The number of nitrogens with zero attached hydrogens (tertiary/aromatic N) is 1. The molecule has 0 aliphatic carbocycles. The first-order chi connectivity index (χ1) is 15.2. The third kappa shape index (κ3) is 4.70. The molecule has 3 rings (SSSR count). The van der Waals surface area contributed by atoms with Crippen LogP contribution in [-0.4, -0.2) is 35.6 Å². The summed E-state index contributed by atoms with van der Waals surface area (Å²) in [4.78, 5) is 12.7. The maximum Gasteiger partial charge on any atom is 0.264 e. The normalized spacial score (nSPS) is 11.0. The smallest absolute Gasteiger partial charge is 0.264 e. The Hall–Kier alpha value is -3.52. The van der Waals surface area contributed by atoms with Crippen molar-refractivity contribution < 1.29 is 22.7 Å². The van der Waals surface area contributed by atoms with Crippen molar-refractivity contribution in [1.29, 1.82) is 0 Å². The van der Waals surface area contributed by atoms with Crippen LogP contribution in [0.15, 0.2) is 65.6 Å². The number of hydrogen-bond acceptors (Lipinski definition) is 5. The van der Waals surface area contributed by atoms with Gasteiger partial charge in [-0.2, -0.15) is 0 Å². The topological polar surface area (TPSA) is 84.9 Å². The molecule has 0 fully saturated rings. The number of methoxy groups -OCH3 is 2. The van der Waals surface area contributed by atoms with Crippen molar-refractivity contribution in [2.45, 2.75) is 18.7 Å². The minimum atomic E-state index is -3.84. The Balaban J connectivity index is 1.81. The molecule has 0 saturated heterocycles. The van der Waals surface area contributed by atoms with Gasteiger partial charge in [0.1, 0.15) is 0 Å². The Morgan fingerprint density at radius 3 is 2.12 bits per heavy atom. The standard InChI is InChI=1S/C24H26N2O5S/c1-16-6-12-21(17(2)14-16)25-24(27)18-7-9-19(10-8-18)26(3)32(28,29)20-11-13-22(30-4)23(15-20)31-5/h6-15H,1-5H3,(H,25,27). The van der Waals surface area contributed by atoms with Crippen LogP contribution in [0.25, 0.3) is 0 Å². The molecule has 0 aromatic heterocycles. The minimum absolute atomic E-state index is 0.0642. The lowest BCUT2D eigenvalue weighted by Crippen LogP contribution is -2.26. The van der Waals surface area contributed by atoms with Gasteiger partial charge in [-0.1, -0.05) is 17.7 Å². The second-order valence-corrected chi connectivity index (χ2v) is 9.28. The molecule has 0 aliphatic heterocycles. The highest BCUT2D eigenvalue weighted by atomic mass is 32.2. The SMILES string of the molecule is COc1ccc(S(=O)(=O)N(C)c2ccc(C(=O)Nc3ccc(C)cc3C)cc2)cc1OC. The van der Waals surface area contributed by atoms with E-state index in [1.54, 1.807) is 30.3 Å². The second kappa shape index (κ2) is 9.32. The van der Waals surface area contributed by atoms with Crippen LogP contribution in [0.3, 0.4) is 0 Å². The number of carbonyl (C=O) groups is 1. The zero-order chi connectivity index (χ0) is 23.5. The fourth-order valence-electron chi connectivity index (χ4n) is 3.24. The summed E-state index contributed by atoms with van der Waals surface area (Å²) in [6.07, 6.45) is 0. The van der Waals surface area contributed by atoms with Gasteiger partial charge in [0.2, 0.25) is 0 Å². The molecule has 168 valence electrons. The lowest BCUT2D eigenvalue weighted by Gasteiger charge is -2.20. The van der Waals surface area contributed by atoms with Crippen LogP contribution in [0.4, 0.5) is 11.4 Å². The fourth-order valence-corrected chi connectivity index (χ4v) is 4.46. The second-order valence-electron chi connectivity index (χ2n) is 7.31. The third-order valence-electron chi connectivity index (χ3n) is 5.14. The minimum Gasteiger partial charge on any atom is -0.493 e. The van der Waals surface area contributed by atoms with E-state index in [1.807, 2.05) is 32.0 Å². The summed E-state index contributed by atoms with van der Waals surface area (Å²) in [5.74, 6) is 0.488. The Bertz CT molecular complexity index is 1240. The van der Waals surface area contributed by atoms with Gasteiger partial charge in [0.05, 0.1) is 24.8 Å². The molecule has 0 atom stereocenters. The van der Waals surface area contributed by atoms with E-state index in [-0.39, 0.29) is 10.8 Å². The highest BCUT2D eigenvalue weighted by molar-refractivity contribution is 7.92. The molecule has 0 heterocycles. The van der Waals surface area contributed by atoms with Crippen LogP contribution in [0.2, 0.25) is 0 Å². The summed E-state index contributed by atoms with van der Waals surface area (Å²) < 4.78 is 37.7. The lowest BCUT2D eigenvalue weighted by atomic mass is 10.1. The van der Waals surface area contributed by atoms with Crippen LogP contribution in [0.5, 0.6) is 11.5 Å². The van der Waals surface area contributed by atoms with E-state index in [2.05, 4.69) is 5.32 Å². The van der Waals surface area contributed by atoms with Crippen LogP contribution in [0, 0.1) is 13.8 Å². The molecule has 0 unspecified atom stereocenters. The number of anilines is 2. The number of nitrogens with one attached hydrogen (secondary N) is 1. The van der Waals surface area contributed by atoms with Gasteiger partial charge >= 0.3 is 0 Å². The quantitative estimate of drug-likeness (QED) is 0.572. The molecular formula is C24H26N2O5S. The zero-order valence-electron chi connectivity index (χ0n) is 18.7. The van der Waals surface area contributed by atoms with Gasteiger partial charge in [0.15, 0.2) is 11.5 Å². The van der Waals surface area contributed by atoms with Crippen molar-refractivity contribution in [1.82, 2.24) is 0 Å². The molecule has 0 saturated carbocycles. The molecule has 1 N–H and O–H groups in total. The first-order valence-electron chi connectivity index (χ1n) is 9.87. The Morgan fingerprint density at radius 1 is 0.875 bits per heavy atom. The van der Waals surface area contributed by atoms with Gasteiger partial charge in [0, 0.05) is 24.4 Å². The predicted molar refractivity (Wildman–Crippen MR) is 125 cm³/mol. The highest BCUT2D eigenvalue weighted by Gasteiger charge is 2.23. The van der Waals surface area contributed by atoms with Crippen LogP contribution < -0.4 is 19.1 Å². The van der Waals surface area contributed by atoms with Crippen molar-refractivity contribution in [3.8, 4) is 11.5 Å². The van der Waals surface area contributed by atoms with E-state index in [4.69, 9.17) is 9.47 Å². The van der Waals surface area contributed by atoms with Gasteiger partial charge in [-0.15, -0.1) is 0 Å². The molecule has 0 bridgehead atoms. The van der Waals surface area contributed by atoms with Gasteiger partial charge in [-0.3, -0.25) is 9.10 Å². The van der Waals surface area contributed by atoms with Crippen LogP contribution in [0.1, 0.15) is 21.5 Å². The van der Waals surface area contributed by atoms with Crippen molar-refractivity contribution in [2.75, 3.05) is 30.9 Å². The number of hydrogen-bond donors (Lipinski definition) is 1. The van der Waals surface area contributed by atoms with E-state index in [0.717, 1.165) is 21.1 Å². The highest BCUT2D eigenvalue weighted by Crippen LogP contribution is 2.31. The largest absolute Gasteiger partial charge is 0.493 e. The molecule has 0 radical (unpaired) electrons. The Morgan fingerprint density at radius 2 is 1.53 bits per heavy atom. The third-order valence-corrected chi connectivity index (χ3v) is 6.92. The Kier molecular flexibility index (Phi) is 6.74. The van der Waals surface area contributed by atoms with Crippen molar-refractivity contribution >= 4 is 27.3 Å². The summed E-state index contributed by atoms with van der Waals surface area (Å²) in [6, 6.07) is 16.6. The zero-order valence-corrected chi connectivity index (χ0v) is 19.5. The fraction of sp³-hybridized carbons (Fsp3) is 0.208. The van der Waals surface area contributed by atoms with Gasteiger partial charge in [-0.05, 0) is 61.9 Å². The Labute approximate surface area is 188 Å². The molecule has 3 aromatic rings. The van der Waals surface area contributed by atoms with E-state index < -0.39 is 10.0 Å². The number of benzene rings is 3. The molecule has 3 aromatic carbocycles. The van der Waals surface area contributed by atoms with Crippen LogP contribution in [-0.2, 0) is 10.0 Å². The molecule has 0 aliphatic rings. The maximum atomic E-state index is 13.1. The number of ether oxygens (including phenoxy) is 2. The van der Waals surface area contributed by atoms with Gasteiger partial charge < -0.3 is 14.8 Å². The number of amides is 1. The first-order valence-corrected chi connectivity index (χ1v) is 11.3. The van der Waals surface area contributed by atoms with E-state index in [1.165, 1.54) is 33.4 Å². The summed E-state index contributed by atoms with van der Waals surface area (Å²) in [5.41, 5.74) is 3.66. The van der Waals surface area contributed by atoms with Gasteiger partial charge in [-0.25, -0.2) is 8.42 Å². The van der Waals surface area contributed by atoms with Crippen molar-refractivity contribution in [2.24, 2.45) is 0 Å². The van der Waals surface area contributed by atoms with E-state index >= 15 is 0 Å². The summed E-state index contributed by atoms with van der Waals surface area (Å²) in [5, 5.41) is 2.89. The summed E-state index contributed by atoms with van der Waals surface area (Å²) in [6.45, 7) is 3.92. The molecule has 1 amide bonds. The number of carbonyl (C=O) groups excluding carboxylic acids is 1. The number of aryl methyl sites for hydroxylation is 2. The molecule has 7 nitrogen and oxygen atoms in total. The monoisotopic (exact) mass is 454 g/mol. The maximum absolute atomic E-state index is 13.1. The molecular weight excluding hydrogens is 428 g/mol. The summed E-state index contributed by atoms with van der Waals surface area (Å²) in [7, 11) is 0.538. The number of sulfonamides is 1. The average molecular weight is 455 g/mol. The average Bonchev–Trinajstić information content (AvgIpc) is 2.79. The first kappa shape index (κ1) is 23.1. The lowest BCUT2D eigenvalue weighted by molar-refractivity contribution is 0.102. The van der Waals surface area contributed by atoms with Crippen molar-refractivity contribution in [3.63, 3.8) is 0 Å². The molecule has 0 spiro atoms. The van der Waals surface area contributed by atoms with E-state index in [9.17, 15) is 13.2 Å². The van der Waals surface area contributed by atoms with E-state index in [0.29, 0.717) is 22.7 Å². The predicted octanol–water partition coefficient (Wildman–Crippen LogP) is 4.40. The molecule has 8 heteroatoms. The number of rotatable bonds is 7.